The maximum Gasteiger partial charge on any atom is 0.328 e. The fourth-order valence-corrected chi connectivity index (χ4v) is 3.29. The van der Waals surface area contributed by atoms with E-state index in [9.17, 15) is 14.4 Å². The molecular formula is C11H25O3P. The van der Waals surface area contributed by atoms with Crippen molar-refractivity contribution in [1.29, 1.82) is 0 Å². The van der Waals surface area contributed by atoms with Crippen molar-refractivity contribution in [2.24, 2.45) is 10.8 Å². The van der Waals surface area contributed by atoms with Crippen LogP contribution in [-0.4, -0.2) is 15.4 Å². The van der Waals surface area contributed by atoms with Crippen LogP contribution in [0.4, 0.5) is 0 Å². The Bertz CT molecular complexity index is 226. The molecule has 0 aliphatic carbocycles. The molecule has 15 heavy (non-hydrogen) atoms. The summed E-state index contributed by atoms with van der Waals surface area (Å²) < 4.78 is 11.4. The molecule has 4 heteroatoms. The van der Waals surface area contributed by atoms with E-state index in [-0.39, 0.29) is 10.8 Å². The van der Waals surface area contributed by atoms with Gasteiger partial charge in [0, 0.05) is 0 Å². The van der Waals surface area contributed by atoms with Gasteiger partial charge in [-0.1, -0.05) is 41.5 Å². The van der Waals surface area contributed by atoms with Crippen molar-refractivity contribution >= 4 is 7.60 Å². The van der Waals surface area contributed by atoms with Crippen LogP contribution in [0.5, 0.6) is 0 Å². The van der Waals surface area contributed by atoms with E-state index >= 15 is 0 Å². The van der Waals surface area contributed by atoms with Gasteiger partial charge < -0.3 is 9.79 Å². The van der Waals surface area contributed by atoms with Gasteiger partial charge in [0.1, 0.15) is 0 Å². The first-order valence-electron chi connectivity index (χ1n) is 5.36. The summed E-state index contributed by atoms with van der Waals surface area (Å²) in [5.41, 5.74) is -0.605. The molecule has 0 aromatic carbocycles. The van der Waals surface area contributed by atoms with E-state index in [1.165, 1.54) is 0 Å². The molecule has 2 N–H and O–H groups in total. The van der Waals surface area contributed by atoms with Crippen molar-refractivity contribution in [3.63, 3.8) is 0 Å². The largest absolute Gasteiger partial charge is 0.328 e. The molecule has 0 atom stereocenters. The van der Waals surface area contributed by atoms with Gasteiger partial charge in [-0.15, -0.1) is 0 Å². The molecule has 0 bridgehead atoms. The van der Waals surface area contributed by atoms with E-state index in [4.69, 9.17) is 0 Å². The molecule has 0 saturated carbocycles. The van der Waals surface area contributed by atoms with Gasteiger partial charge in [-0.2, -0.15) is 0 Å². The third-order valence-corrected chi connectivity index (χ3v) is 3.49. The smallest absolute Gasteiger partial charge is 0.324 e. The third-order valence-electron chi connectivity index (χ3n) is 2.17. The van der Waals surface area contributed by atoms with Crippen molar-refractivity contribution in [3.8, 4) is 0 Å². The number of rotatable bonds is 3. The predicted octanol–water partition coefficient (Wildman–Crippen LogP) is 3.41. The van der Waals surface area contributed by atoms with E-state index in [2.05, 4.69) is 0 Å². The van der Waals surface area contributed by atoms with E-state index < -0.39 is 13.3 Å². The molecule has 92 valence electrons. The van der Waals surface area contributed by atoms with E-state index in [0.29, 0.717) is 12.8 Å². The Labute approximate surface area is 93.4 Å². The second kappa shape index (κ2) is 4.57. The average molecular weight is 236 g/mol. The minimum atomic E-state index is -3.97. The fraction of sp³-hybridized carbons (Fsp3) is 1.00. The lowest BCUT2D eigenvalue weighted by atomic mass is 9.83. The SMILES string of the molecule is CC(C)(C)CC(CC(C)(C)C)P(=O)(O)O. The Morgan fingerprint density at radius 3 is 1.33 bits per heavy atom. The quantitative estimate of drug-likeness (QED) is 0.738. The monoisotopic (exact) mass is 236 g/mol. The Kier molecular flexibility index (Phi) is 4.61. The fourth-order valence-electron chi connectivity index (χ4n) is 1.72. The molecule has 3 nitrogen and oxygen atoms in total. The molecule has 0 aromatic heterocycles. The summed E-state index contributed by atoms with van der Waals surface area (Å²) in [7, 11) is -3.97. The standard InChI is InChI=1S/C11H25O3P/c1-10(2,3)7-9(15(12,13)14)8-11(4,5)6/h9H,7-8H2,1-6H3,(H2,12,13,14). The highest BCUT2D eigenvalue weighted by atomic mass is 31.2. The molecule has 0 saturated heterocycles. The van der Waals surface area contributed by atoms with Gasteiger partial charge >= 0.3 is 7.60 Å². The highest BCUT2D eigenvalue weighted by molar-refractivity contribution is 7.52. The summed E-state index contributed by atoms with van der Waals surface area (Å²) in [5.74, 6) is 0. The van der Waals surface area contributed by atoms with Crippen LogP contribution < -0.4 is 0 Å². The van der Waals surface area contributed by atoms with Crippen LogP contribution in [0.1, 0.15) is 54.4 Å². The zero-order valence-corrected chi connectivity index (χ0v) is 11.6. The first-order valence-corrected chi connectivity index (χ1v) is 7.05. The Morgan fingerprint density at radius 1 is 0.933 bits per heavy atom. The zero-order valence-electron chi connectivity index (χ0n) is 10.7. The summed E-state index contributed by atoms with van der Waals surface area (Å²) >= 11 is 0. The van der Waals surface area contributed by atoms with Crippen LogP contribution in [0.3, 0.4) is 0 Å². The molecule has 0 rings (SSSR count). The van der Waals surface area contributed by atoms with Crippen molar-refractivity contribution < 1.29 is 14.4 Å². The van der Waals surface area contributed by atoms with E-state index in [1.807, 2.05) is 41.5 Å². The van der Waals surface area contributed by atoms with Crippen molar-refractivity contribution in [2.45, 2.75) is 60.0 Å². The van der Waals surface area contributed by atoms with Crippen LogP contribution >= 0.6 is 7.60 Å². The van der Waals surface area contributed by atoms with Crippen molar-refractivity contribution in [3.05, 3.63) is 0 Å². The lowest BCUT2D eigenvalue weighted by molar-refractivity contribution is 0.265. The summed E-state index contributed by atoms with van der Waals surface area (Å²) in [6, 6.07) is 0. The minimum absolute atomic E-state index is 0.0446. The Morgan fingerprint density at radius 2 is 1.20 bits per heavy atom. The van der Waals surface area contributed by atoms with Gasteiger partial charge in [-0.3, -0.25) is 4.57 Å². The van der Waals surface area contributed by atoms with Crippen LogP contribution in [-0.2, 0) is 4.57 Å². The molecule has 0 unspecified atom stereocenters. The summed E-state index contributed by atoms with van der Waals surface area (Å²) in [4.78, 5) is 18.6. The average Bonchev–Trinajstić information content (AvgIpc) is 1.75. The second-order valence-corrected chi connectivity index (χ2v) is 8.68. The maximum atomic E-state index is 11.4. The molecule has 0 spiro atoms. The predicted molar refractivity (Wildman–Crippen MR) is 64.0 cm³/mol. The highest BCUT2D eigenvalue weighted by Gasteiger charge is 2.35. The van der Waals surface area contributed by atoms with Crippen molar-refractivity contribution in [2.75, 3.05) is 0 Å². The first kappa shape index (κ1) is 15.2. The summed E-state index contributed by atoms with van der Waals surface area (Å²) in [6.07, 6.45) is 1.13. The first-order chi connectivity index (χ1) is 6.31. The zero-order chi connectivity index (χ0) is 12.5. The van der Waals surface area contributed by atoms with Crippen LogP contribution in [0.15, 0.2) is 0 Å². The number of hydrogen-bond acceptors (Lipinski definition) is 1. The van der Waals surface area contributed by atoms with E-state index in [0.717, 1.165) is 0 Å². The highest BCUT2D eigenvalue weighted by Crippen LogP contribution is 2.50. The van der Waals surface area contributed by atoms with Gasteiger partial charge in [0.05, 0.1) is 5.66 Å². The normalized spacial score (nSPS) is 14.7. The third kappa shape index (κ3) is 8.01. The van der Waals surface area contributed by atoms with Gasteiger partial charge in [-0.25, -0.2) is 0 Å². The van der Waals surface area contributed by atoms with Gasteiger partial charge in [0.15, 0.2) is 0 Å². The van der Waals surface area contributed by atoms with Gasteiger partial charge in [-0.05, 0) is 23.7 Å². The Hall–Kier alpha value is 0.150. The summed E-state index contributed by atoms with van der Waals surface area (Å²) in [5, 5.41) is 0. The minimum Gasteiger partial charge on any atom is -0.324 e. The molecule has 0 aliphatic heterocycles. The van der Waals surface area contributed by atoms with Crippen molar-refractivity contribution in [1.82, 2.24) is 0 Å². The van der Waals surface area contributed by atoms with Crippen LogP contribution in [0.25, 0.3) is 0 Å². The molecule has 0 amide bonds. The molecule has 0 aromatic rings. The van der Waals surface area contributed by atoms with Crippen LogP contribution in [0, 0.1) is 10.8 Å². The summed E-state index contributed by atoms with van der Waals surface area (Å²) in [6.45, 7) is 12.1. The van der Waals surface area contributed by atoms with Gasteiger partial charge in [0.25, 0.3) is 0 Å². The second-order valence-electron chi connectivity index (χ2n) is 6.77. The lowest BCUT2D eigenvalue weighted by Gasteiger charge is -2.31. The maximum absolute atomic E-state index is 11.4. The van der Waals surface area contributed by atoms with Gasteiger partial charge in [0.2, 0.25) is 0 Å². The Balaban J connectivity index is 4.70. The number of hydrogen-bond donors (Lipinski definition) is 2. The molecule has 0 aliphatic rings. The van der Waals surface area contributed by atoms with E-state index in [1.54, 1.807) is 0 Å². The molecular weight excluding hydrogens is 211 g/mol. The van der Waals surface area contributed by atoms with Crippen LogP contribution in [0.2, 0.25) is 0 Å². The topological polar surface area (TPSA) is 57.5 Å². The molecule has 0 fully saturated rings. The molecule has 0 radical (unpaired) electrons. The lowest BCUT2D eigenvalue weighted by Crippen LogP contribution is -2.23. The molecule has 0 heterocycles.